The highest BCUT2D eigenvalue weighted by Crippen LogP contribution is 2.23. The first-order valence-electron chi connectivity index (χ1n) is 8.86. The van der Waals surface area contributed by atoms with Crippen LogP contribution in [0.1, 0.15) is 24.0 Å². The van der Waals surface area contributed by atoms with Crippen molar-refractivity contribution in [1.82, 2.24) is 0 Å². The molecule has 154 valence electrons. The van der Waals surface area contributed by atoms with Gasteiger partial charge in [0.2, 0.25) is 0 Å². The minimum Gasteiger partial charge on any atom is -0.224 e. The third kappa shape index (κ3) is 6.97. The highest BCUT2D eigenvalue weighted by Gasteiger charge is 2.23. The first kappa shape index (κ1) is 23.6. The van der Waals surface area contributed by atoms with Gasteiger partial charge in [-0.2, -0.15) is 0 Å². The summed E-state index contributed by atoms with van der Waals surface area (Å²) in [7, 11) is -6.77. The molecule has 0 bridgehead atoms. The minimum atomic E-state index is -3.39. The number of aryl methyl sites for hydroxylation is 2. The van der Waals surface area contributed by atoms with Crippen molar-refractivity contribution in [3.63, 3.8) is 0 Å². The highest BCUT2D eigenvalue weighted by molar-refractivity contribution is 9.10. The van der Waals surface area contributed by atoms with E-state index >= 15 is 0 Å². The van der Waals surface area contributed by atoms with Gasteiger partial charge in [0.25, 0.3) is 0 Å². The van der Waals surface area contributed by atoms with Gasteiger partial charge in [0.05, 0.1) is 21.3 Å². The molecule has 4 nitrogen and oxygen atoms in total. The van der Waals surface area contributed by atoms with Gasteiger partial charge in [0.15, 0.2) is 19.7 Å². The summed E-state index contributed by atoms with van der Waals surface area (Å²) in [5.74, 6) is -0.0546. The molecule has 0 saturated heterocycles. The molecular formula is C20H24Br2O4S2. The zero-order valence-electron chi connectivity index (χ0n) is 15.8. The van der Waals surface area contributed by atoms with Gasteiger partial charge in [0, 0.05) is 9.65 Å². The van der Waals surface area contributed by atoms with Crippen molar-refractivity contribution in [2.45, 2.75) is 46.1 Å². The number of benzene rings is 2. The van der Waals surface area contributed by atoms with Crippen molar-refractivity contribution < 1.29 is 16.8 Å². The predicted molar refractivity (Wildman–Crippen MR) is 121 cm³/mol. The fraction of sp³-hybridized carbons (Fsp3) is 0.400. The van der Waals surface area contributed by atoms with Crippen molar-refractivity contribution >= 4 is 51.5 Å². The molecule has 0 heterocycles. The van der Waals surface area contributed by atoms with Crippen LogP contribution in [0.3, 0.4) is 0 Å². The molecule has 0 radical (unpaired) electrons. The third-order valence-corrected chi connectivity index (χ3v) is 10.4. The van der Waals surface area contributed by atoms with Crippen LogP contribution in [-0.4, -0.2) is 38.0 Å². The molecule has 0 aliphatic carbocycles. The number of rotatable bonds is 9. The number of halogens is 2. The normalized spacial score (nSPS) is 14.6. The van der Waals surface area contributed by atoms with Gasteiger partial charge in [-0.15, -0.1) is 0 Å². The fourth-order valence-corrected chi connectivity index (χ4v) is 8.08. The fourth-order valence-electron chi connectivity index (χ4n) is 2.69. The van der Waals surface area contributed by atoms with Crippen molar-refractivity contribution in [3.8, 4) is 0 Å². The molecule has 0 saturated carbocycles. The third-order valence-electron chi connectivity index (χ3n) is 4.35. The summed E-state index contributed by atoms with van der Waals surface area (Å²) >= 11 is 6.87. The SMILES string of the molecule is Cc1ccc(S(=O)(=O)CC(Br)CCC(Br)CS(=O)(=O)c2ccc(C)cc2)cc1. The molecule has 28 heavy (non-hydrogen) atoms. The van der Waals surface area contributed by atoms with E-state index in [1.54, 1.807) is 48.5 Å². The number of sulfone groups is 2. The molecule has 0 aromatic heterocycles. The summed E-state index contributed by atoms with van der Waals surface area (Å²) in [5, 5.41) is 0. The molecule has 0 fully saturated rings. The quantitative estimate of drug-likeness (QED) is 0.417. The molecule has 2 rings (SSSR count). The van der Waals surface area contributed by atoms with Crippen LogP contribution in [0.5, 0.6) is 0 Å². The molecule has 2 aromatic carbocycles. The average molecular weight is 552 g/mol. The monoisotopic (exact) mass is 550 g/mol. The smallest absolute Gasteiger partial charge is 0.179 e. The molecule has 8 heteroatoms. The Morgan fingerprint density at radius 3 is 1.21 bits per heavy atom. The van der Waals surface area contributed by atoms with Crippen LogP contribution in [0.25, 0.3) is 0 Å². The van der Waals surface area contributed by atoms with Gasteiger partial charge >= 0.3 is 0 Å². The van der Waals surface area contributed by atoms with E-state index in [0.717, 1.165) is 11.1 Å². The molecule has 0 spiro atoms. The lowest BCUT2D eigenvalue weighted by Crippen LogP contribution is -2.20. The summed E-state index contributed by atoms with van der Waals surface area (Å²) in [6, 6.07) is 13.6. The van der Waals surface area contributed by atoms with E-state index in [4.69, 9.17) is 0 Å². The molecule has 0 amide bonds. The van der Waals surface area contributed by atoms with Crippen LogP contribution in [-0.2, 0) is 19.7 Å². The van der Waals surface area contributed by atoms with Crippen LogP contribution in [0.15, 0.2) is 58.3 Å². The van der Waals surface area contributed by atoms with Gasteiger partial charge < -0.3 is 0 Å². The molecule has 2 aromatic rings. The summed E-state index contributed by atoms with van der Waals surface area (Å²) in [6.45, 7) is 3.81. The average Bonchev–Trinajstić information content (AvgIpc) is 2.60. The Morgan fingerprint density at radius 1 is 0.643 bits per heavy atom. The number of hydrogen-bond donors (Lipinski definition) is 0. The highest BCUT2D eigenvalue weighted by atomic mass is 79.9. The second-order valence-corrected chi connectivity index (χ2v) is 13.6. The van der Waals surface area contributed by atoms with Gasteiger partial charge in [-0.3, -0.25) is 0 Å². The molecule has 0 aliphatic heterocycles. The van der Waals surface area contributed by atoms with Gasteiger partial charge in [-0.25, -0.2) is 16.8 Å². The number of hydrogen-bond acceptors (Lipinski definition) is 4. The van der Waals surface area contributed by atoms with Crippen molar-refractivity contribution in [2.24, 2.45) is 0 Å². The zero-order valence-corrected chi connectivity index (χ0v) is 20.6. The number of alkyl halides is 2. The second kappa shape index (κ2) is 9.87. The summed E-state index contributed by atoms with van der Waals surface area (Å²) < 4.78 is 50.0. The molecule has 2 unspecified atom stereocenters. The largest absolute Gasteiger partial charge is 0.224 e. The molecule has 0 aliphatic rings. The molecule has 2 atom stereocenters. The minimum absolute atomic E-state index is 0.0273. The topological polar surface area (TPSA) is 68.3 Å². The molecular weight excluding hydrogens is 528 g/mol. The first-order chi connectivity index (χ1) is 13.0. The maximum Gasteiger partial charge on any atom is 0.179 e. The predicted octanol–water partition coefficient (Wildman–Crippen LogP) is 4.86. The van der Waals surface area contributed by atoms with Gasteiger partial charge in [0.1, 0.15) is 0 Å². The van der Waals surface area contributed by atoms with Crippen LogP contribution in [0, 0.1) is 13.8 Å². The zero-order chi connectivity index (χ0) is 20.9. The van der Waals surface area contributed by atoms with E-state index in [0.29, 0.717) is 22.6 Å². The van der Waals surface area contributed by atoms with Gasteiger partial charge in [-0.05, 0) is 51.0 Å². The van der Waals surface area contributed by atoms with E-state index in [1.807, 2.05) is 13.8 Å². The van der Waals surface area contributed by atoms with E-state index in [9.17, 15) is 16.8 Å². The van der Waals surface area contributed by atoms with Crippen molar-refractivity contribution in [1.29, 1.82) is 0 Å². The van der Waals surface area contributed by atoms with E-state index in [1.165, 1.54) is 0 Å². The standard InChI is InChI=1S/C20H24Br2O4S2/c1-15-3-9-19(10-4-15)27(23,24)13-17(21)7-8-18(22)14-28(25,26)20-11-5-16(2)6-12-20/h3-6,9-12,17-18H,7-8,13-14H2,1-2H3. The van der Waals surface area contributed by atoms with Crippen LogP contribution < -0.4 is 0 Å². The molecule has 0 N–H and O–H groups in total. The maximum atomic E-state index is 12.5. The Bertz CT molecular complexity index is 900. The lowest BCUT2D eigenvalue weighted by Gasteiger charge is -2.14. The van der Waals surface area contributed by atoms with Gasteiger partial charge in [-0.1, -0.05) is 67.3 Å². The Kier molecular flexibility index (Phi) is 8.31. The van der Waals surface area contributed by atoms with Crippen LogP contribution >= 0.6 is 31.9 Å². The first-order valence-corrected chi connectivity index (χ1v) is 14.0. The summed E-state index contributed by atoms with van der Waals surface area (Å²) in [5.41, 5.74) is 2.01. The lowest BCUT2D eigenvalue weighted by atomic mass is 10.2. The van der Waals surface area contributed by atoms with Crippen LogP contribution in [0.2, 0.25) is 0 Å². The summed E-state index contributed by atoms with van der Waals surface area (Å²) in [6.07, 6.45) is 1.09. The summed E-state index contributed by atoms with van der Waals surface area (Å²) in [4.78, 5) is 0.113. The van der Waals surface area contributed by atoms with Crippen molar-refractivity contribution in [3.05, 3.63) is 59.7 Å². The lowest BCUT2D eigenvalue weighted by molar-refractivity contribution is 0.586. The Labute approximate surface area is 184 Å². The maximum absolute atomic E-state index is 12.5. The van der Waals surface area contributed by atoms with E-state index in [2.05, 4.69) is 31.9 Å². The second-order valence-electron chi connectivity index (χ2n) is 6.96. The Balaban J connectivity index is 1.90. The van der Waals surface area contributed by atoms with E-state index in [-0.39, 0.29) is 21.2 Å². The van der Waals surface area contributed by atoms with Crippen molar-refractivity contribution in [2.75, 3.05) is 11.5 Å². The van der Waals surface area contributed by atoms with Crippen LogP contribution in [0.4, 0.5) is 0 Å². The Hall–Kier alpha value is -0.700. The van der Waals surface area contributed by atoms with E-state index < -0.39 is 19.7 Å². The Morgan fingerprint density at radius 2 is 0.929 bits per heavy atom.